The van der Waals surface area contributed by atoms with E-state index in [1.807, 2.05) is 0 Å². The Hall–Kier alpha value is -4.43. The Morgan fingerprint density at radius 1 is 0.891 bits per heavy atom. The van der Waals surface area contributed by atoms with Gasteiger partial charge >= 0.3 is 5.97 Å². The third kappa shape index (κ3) is 1.51. The SMILES string of the molecule is CC1c2cc3c4c5c6c7c8c9c(cc%10c8c8c%11c7c4c2C%112C4(C=C8C%10)C(CCCC(=O)O)(c7ccccc7)C124)C=CC(C=C5C3)C96. The molecule has 2 saturated carbocycles. The Morgan fingerprint density at radius 3 is 2.54 bits per heavy atom. The van der Waals surface area contributed by atoms with E-state index in [4.69, 9.17) is 0 Å². The number of carboxylic acids is 1. The summed E-state index contributed by atoms with van der Waals surface area (Å²) in [5.74, 6) is 0.690. The third-order valence-electron chi connectivity index (χ3n) is 16.0. The highest BCUT2D eigenvalue weighted by Crippen LogP contribution is 3.14. The molecule has 0 amide bonds. The molecule has 0 bridgehead atoms. The minimum atomic E-state index is -0.669. The summed E-state index contributed by atoms with van der Waals surface area (Å²) in [7, 11) is 0. The van der Waals surface area contributed by atoms with E-state index < -0.39 is 5.97 Å². The summed E-state index contributed by atoms with van der Waals surface area (Å²) < 4.78 is 0. The molecule has 7 unspecified atom stereocenters. The molecule has 15 rings (SSSR count). The predicted molar refractivity (Wildman–Crippen MR) is 180 cm³/mol. The minimum absolute atomic E-state index is 0.0174. The van der Waals surface area contributed by atoms with Crippen LogP contribution in [0.15, 0.2) is 60.7 Å². The molecule has 0 aliphatic heterocycles. The van der Waals surface area contributed by atoms with Crippen molar-refractivity contribution in [3.05, 3.63) is 122 Å². The van der Waals surface area contributed by atoms with Gasteiger partial charge in [0.05, 0.1) is 0 Å². The van der Waals surface area contributed by atoms with Crippen LogP contribution in [-0.2, 0) is 28.5 Å². The van der Waals surface area contributed by atoms with Crippen LogP contribution in [-0.4, -0.2) is 11.1 Å². The summed E-state index contributed by atoms with van der Waals surface area (Å²) in [5.41, 5.74) is 20.9. The molecule has 10 aliphatic rings. The van der Waals surface area contributed by atoms with Crippen molar-refractivity contribution >= 4 is 55.5 Å². The Labute approximate surface area is 265 Å². The lowest BCUT2D eigenvalue weighted by Gasteiger charge is -2.44. The summed E-state index contributed by atoms with van der Waals surface area (Å²) in [5, 5.41) is 19.6. The van der Waals surface area contributed by atoms with Crippen molar-refractivity contribution in [2.24, 2.45) is 16.7 Å². The average molecular weight is 589 g/mol. The number of aliphatic carboxylic acids is 1. The molecule has 0 radical (unpaired) electrons. The highest BCUT2D eigenvalue weighted by Gasteiger charge is 3.14. The first-order valence-electron chi connectivity index (χ1n) is 17.6. The minimum Gasteiger partial charge on any atom is -0.481 e. The van der Waals surface area contributed by atoms with Crippen LogP contribution < -0.4 is 0 Å². The molecule has 46 heavy (non-hydrogen) atoms. The number of rotatable bonds is 5. The van der Waals surface area contributed by atoms with E-state index in [1.165, 1.54) is 11.1 Å². The monoisotopic (exact) mass is 588 g/mol. The van der Waals surface area contributed by atoms with E-state index in [1.54, 1.807) is 93.5 Å². The summed E-state index contributed by atoms with van der Waals surface area (Å²) in [6, 6.07) is 16.6. The molecular formula is C44H28O2. The second-order valence-electron chi connectivity index (χ2n) is 16.6. The third-order valence-corrected chi connectivity index (χ3v) is 16.0. The Bertz CT molecular complexity index is 2740. The summed E-state index contributed by atoms with van der Waals surface area (Å²) in [6.45, 7) is 2.57. The van der Waals surface area contributed by atoms with Crippen LogP contribution >= 0.6 is 0 Å². The normalized spacial score (nSPS) is 36.9. The number of hydrogen-bond donors (Lipinski definition) is 1. The fourth-order valence-electron chi connectivity index (χ4n) is 15.7. The lowest BCUT2D eigenvalue weighted by Crippen LogP contribution is -2.42. The van der Waals surface area contributed by atoms with Crippen LogP contribution in [0, 0.1) is 16.7 Å². The van der Waals surface area contributed by atoms with Crippen LogP contribution in [0.5, 0.6) is 0 Å². The standard InChI is InChI=1S/C44H28O2/c1-18-26-16-23-14-21-12-19-9-10-20-13-22-15-24-17-42-41(11-5-8-27(45)46,25-6-3-2-4-7-25)44(18,42)43(42)39(26)37-31(23)30(21)34-28(19)29(20)35-32(22)33(24)40(43)38(37)36(34)35/h2-4,6-7,9-10,12-13,16-19,28H,5,8,11,14-15H2,1H3,(H,45,46). The van der Waals surface area contributed by atoms with E-state index >= 15 is 0 Å². The van der Waals surface area contributed by atoms with Crippen molar-refractivity contribution in [1.29, 1.82) is 0 Å². The molecule has 5 aromatic carbocycles. The van der Waals surface area contributed by atoms with Gasteiger partial charge in [0.2, 0.25) is 0 Å². The molecular weight excluding hydrogens is 560 g/mol. The zero-order valence-corrected chi connectivity index (χ0v) is 25.5. The van der Waals surface area contributed by atoms with Crippen LogP contribution in [0.25, 0.3) is 49.5 Å². The van der Waals surface area contributed by atoms with Crippen molar-refractivity contribution in [1.82, 2.24) is 0 Å². The maximum atomic E-state index is 11.9. The zero-order chi connectivity index (χ0) is 29.6. The van der Waals surface area contributed by atoms with Gasteiger partial charge in [0, 0.05) is 39.9 Å². The van der Waals surface area contributed by atoms with Crippen molar-refractivity contribution in [3.63, 3.8) is 0 Å². The molecule has 216 valence electrons. The van der Waals surface area contributed by atoms with Gasteiger partial charge < -0.3 is 5.11 Å². The second kappa shape index (κ2) is 5.81. The van der Waals surface area contributed by atoms with Crippen molar-refractivity contribution < 1.29 is 9.90 Å². The van der Waals surface area contributed by atoms with Crippen LogP contribution in [0.2, 0.25) is 0 Å². The molecule has 1 N–H and O–H groups in total. The lowest BCUT2D eigenvalue weighted by molar-refractivity contribution is -0.137. The smallest absolute Gasteiger partial charge is 0.303 e. The topological polar surface area (TPSA) is 37.3 Å². The predicted octanol–water partition coefficient (Wildman–Crippen LogP) is 9.05. The molecule has 0 saturated heterocycles. The Morgan fingerprint density at radius 2 is 1.67 bits per heavy atom. The van der Waals surface area contributed by atoms with E-state index in [2.05, 4.69) is 73.7 Å². The maximum absolute atomic E-state index is 11.9. The van der Waals surface area contributed by atoms with Crippen LogP contribution in [0.4, 0.5) is 0 Å². The van der Waals surface area contributed by atoms with Crippen molar-refractivity contribution in [2.75, 3.05) is 0 Å². The first kappa shape index (κ1) is 22.2. The summed E-state index contributed by atoms with van der Waals surface area (Å²) in [4.78, 5) is 11.9. The van der Waals surface area contributed by atoms with E-state index in [9.17, 15) is 9.90 Å². The van der Waals surface area contributed by atoms with Gasteiger partial charge in [-0.1, -0.05) is 73.7 Å². The molecule has 2 nitrogen and oxygen atoms in total. The summed E-state index contributed by atoms with van der Waals surface area (Å²) >= 11 is 0. The quantitative estimate of drug-likeness (QED) is 0.208. The number of allylic oxidation sites excluding steroid dienone is 5. The van der Waals surface area contributed by atoms with E-state index in [0.717, 1.165) is 25.7 Å². The molecule has 0 aromatic heterocycles. The molecule has 5 aromatic rings. The Kier molecular flexibility index (Phi) is 2.80. The molecule has 2 fully saturated rings. The first-order chi connectivity index (χ1) is 22.5. The Balaban J connectivity index is 1.18. The fourth-order valence-corrected chi connectivity index (χ4v) is 15.7. The molecule has 2 heteroatoms. The maximum Gasteiger partial charge on any atom is 0.303 e. The van der Waals surface area contributed by atoms with Gasteiger partial charge in [-0.3, -0.25) is 4.79 Å². The largest absolute Gasteiger partial charge is 0.481 e. The molecule has 10 aliphatic carbocycles. The fraction of sp³-hybridized carbons (Fsp3) is 0.295. The van der Waals surface area contributed by atoms with Crippen LogP contribution in [0.1, 0.15) is 99.2 Å². The number of hydrogen-bond acceptors (Lipinski definition) is 1. The van der Waals surface area contributed by atoms with Gasteiger partial charge in [0.25, 0.3) is 0 Å². The lowest BCUT2D eigenvalue weighted by atomic mass is 9.57. The number of carboxylic acid groups (broad SMARTS) is 1. The van der Waals surface area contributed by atoms with Crippen LogP contribution in [0.3, 0.4) is 0 Å². The van der Waals surface area contributed by atoms with Gasteiger partial charge in [0.1, 0.15) is 0 Å². The molecule has 7 atom stereocenters. The van der Waals surface area contributed by atoms with Crippen molar-refractivity contribution in [3.8, 4) is 0 Å². The van der Waals surface area contributed by atoms with Gasteiger partial charge in [-0.15, -0.1) is 0 Å². The van der Waals surface area contributed by atoms with Gasteiger partial charge in [-0.2, -0.15) is 0 Å². The molecule has 3 spiro atoms. The average Bonchev–Trinajstić information content (AvgIpc) is 3.37. The molecule has 0 heterocycles. The second-order valence-corrected chi connectivity index (χ2v) is 16.6. The summed E-state index contributed by atoms with van der Waals surface area (Å²) in [6.07, 6.45) is 14.5. The first-order valence-corrected chi connectivity index (χ1v) is 17.6. The highest BCUT2D eigenvalue weighted by atomic mass is 16.4. The zero-order valence-electron chi connectivity index (χ0n) is 25.5. The highest BCUT2D eigenvalue weighted by molar-refractivity contribution is 6.35. The number of carbonyl (C=O) groups is 1. The van der Waals surface area contributed by atoms with Gasteiger partial charge in [0.15, 0.2) is 0 Å². The van der Waals surface area contributed by atoms with E-state index in [-0.39, 0.29) is 28.1 Å². The van der Waals surface area contributed by atoms with Gasteiger partial charge in [-0.05, 0) is 136 Å². The van der Waals surface area contributed by atoms with Gasteiger partial charge in [-0.25, -0.2) is 0 Å². The van der Waals surface area contributed by atoms with Crippen molar-refractivity contribution in [2.45, 2.75) is 61.7 Å². The number of benzene rings is 5. The van der Waals surface area contributed by atoms with E-state index in [0.29, 0.717) is 17.8 Å².